The molecule has 0 aliphatic carbocycles. The van der Waals surface area contributed by atoms with Gasteiger partial charge in [-0.25, -0.2) is 0 Å². The van der Waals surface area contributed by atoms with E-state index in [-0.39, 0.29) is 31.1 Å². The van der Waals surface area contributed by atoms with Gasteiger partial charge < -0.3 is 14.2 Å². The van der Waals surface area contributed by atoms with E-state index in [0.717, 1.165) is 89.9 Å². The van der Waals surface area contributed by atoms with Gasteiger partial charge in [-0.2, -0.15) is 0 Å². The average molecular weight is 1150 g/mol. The van der Waals surface area contributed by atoms with Gasteiger partial charge in [-0.15, -0.1) is 0 Å². The van der Waals surface area contributed by atoms with E-state index in [4.69, 9.17) is 14.2 Å². The van der Waals surface area contributed by atoms with Crippen molar-refractivity contribution in [3.05, 3.63) is 60.8 Å². The number of rotatable bonds is 67. The molecule has 0 aromatic heterocycles. The lowest BCUT2D eigenvalue weighted by atomic mass is 10.0. The van der Waals surface area contributed by atoms with E-state index >= 15 is 0 Å². The maximum Gasteiger partial charge on any atom is 0.306 e. The highest BCUT2D eigenvalue weighted by Gasteiger charge is 2.19. The molecular weight excluding hydrogens is 1010 g/mol. The number of ether oxygens (including phenoxy) is 3. The third-order valence-electron chi connectivity index (χ3n) is 16.3. The van der Waals surface area contributed by atoms with Crippen LogP contribution in [0.1, 0.15) is 387 Å². The number of allylic oxidation sites excluding steroid dienone is 10. The van der Waals surface area contributed by atoms with E-state index in [9.17, 15) is 14.4 Å². The molecule has 0 aromatic carbocycles. The molecule has 0 rings (SSSR count). The highest BCUT2D eigenvalue weighted by atomic mass is 16.6. The lowest BCUT2D eigenvalue weighted by molar-refractivity contribution is -0.167. The number of unbranched alkanes of at least 4 members (excludes halogenated alkanes) is 46. The molecule has 0 fully saturated rings. The van der Waals surface area contributed by atoms with Crippen molar-refractivity contribution >= 4 is 17.9 Å². The molecule has 0 saturated heterocycles. The zero-order chi connectivity index (χ0) is 59.2. The average Bonchev–Trinajstić information content (AvgIpc) is 3.47. The van der Waals surface area contributed by atoms with Gasteiger partial charge >= 0.3 is 17.9 Å². The molecule has 0 amide bonds. The van der Waals surface area contributed by atoms with Crippen molar-refractivity contribution in [1.82, 2.24) is 0 Å². The Morgan fingerprint density at radius 2 is 0.476 bits per heavy atom. The van der Waals surface area contributed by atoms with Crippen molar-refractivity contribution in [2.75, 3.05) is 13.2 Å². The Bertz CT molecular complexity index is 1460. The van der Waals surface area contributed by atoms with Gasteiger partial charge in [0.25, 0.3) is 0 Å². The van der Waals surface area contributed by atoms with E-state index in [1.807, 2.05) is 0 Å². The molecule has 0 bridgehead atoms. The molecule has 0 spiro atoms. The highest BCUT2D eigenvalue weighted by Crippen LogP contribution is 2.19. The van der Waals surface area contributed by atoms with Crippen molar-refractivity contribution in [2.45, 2.75) is 393 Å². The smallest absolute Gasteiger partial charge is 0.306 e. The minimum absolute atomic E-state index is 0.0696. The third kappa shape index (κ3) is 67.9. The first-order valence-corrected chi connectivity index (χ1v) is 36.3. The zero-order valence-corrected chi connectivity index (χ0v) is 55.0. The molecule has 1 unspecified atom stereocenters. The van der Waals surface area contributed by atoms with Crippen LogP contribution in [0.3, 0.4) is 0 Å². The lowest BCUT2D eigenvalue weighted by Crippen LogP contribution is -2.30. The Kier molecular flexibility index (Phi) is 68.1. The predicted molar refractivity (Wildman–Crippen MR) is 358 cm³/mol. The molecule has 0 radical (unpaired) electrons. The van der Waals surface area contributed by atoms with Crippen LogP contribution >= 0.6 is 0 Å². The fourth-order valence-corrected chi connectivity index (χ4v) is 10.8. The molecule has 1 atom stereocenters. The maximum atomic E-state index is 12.9. The molecule has 478 valence electrons. The summed E-state index contributed by atoms with van der Waals surface area (Å²) in [6, 6.07) is 0. The third-order valence-corrected chi connectivity index (χ3v) is 16.3. The summed E-state index contributed by atoms with van der Waals surface area (Å²) in [5.74, 6) is -0.852. The van der Waals surface area contributed by atoms with Gasteiger partial charge in [0.15, 0.2) is 6.10 Å². The first kappa shape index (κ1) is 79.1. The summed E-state index contributed by atoms with van der Waals surface area (Å²) in [7, 11) is 0. The summed E-state index contributed by atoms with van der Waals surface area (Å²) >= 11 is 0. The number of carbonyl (C=O) groups is 3. The standard InChI is InChI=1S/C76H138O6/c1-4-7-10-13-16-19-22-25-27-29-30-31-32-33-34-35-36-37-38-39-40-41-42-43-44-45-46-48-49-51-54-57-60-63-66-69-75(78)81-72-73(71-80-74(77)68-65-62-59-56-53-24-21-18-15-12-9-6-3)82-76(79)70-67-64-61-58-55-52-50-47-28-26-23-20-17-14-11-8-5-2/h7,10,16,18-19,21,25,27,30-31,73H,4-6,8-9,11-15,17,20,22-24,26,28-29,32-72H2,1-3H3/b10-7-,19-16-,21-18-,27-25-,31-30-. The summed E-state index contributed by atoms with van der Waals surface area (Å²) in [4.78, 5) is 38.4. The second-order valence-corrected chi connectivity index (χ2v) is 24.5. The molecule has 0 N–H and O–H groups in total. The highest BCUT2D eigenvalue weighted by molar-refractivity contribution is 5.71. The molecular formula is C76H138O6. The van der Waals surface area contributed by atoms with Gasteiger partial charge in [0, 0.05) is 19.3 Å². The van der Waals surface area contributed by atoms with Crippen LogP contribution in [0, 0.1) is 0 Å². The Hall–Kier alpha value is -2.89. The predicted octanol–water partition coefficient (Wildman–Crippen LogP) is 25.1. The Balaban J connectivity index is 4.06. The van der Waals surface area contributed by atoms with Crippen LogP contribution in [0.2, 0.25) is 0 Å². The van der Waals surface area contributed by atoms with Crippen LogP contribution in [0.5, 0.6) is 0 Å². The van der Waals surface area contributed by atoms with Gasteiger partial charge in [-0.3, -0.25) is 14.4 Å². The van der Waals surface area contributed by atoms with Gasteiger partial charge in [0.1, 0.15) is 13.2 Å². The maximum absolute atomic E-state index is 12.9. The van der Waals surface area contributed by atoms with E-state index < -0.39 is 6.10 Å². The summed E-state index contributed by atoms with van der Waals surface area (Å²) in [6.45, 7) is 6.56. The van der Waals surface area contributed by atoms with Crippen LogP contribution < -0.4 is 0 Å². The molecule has 6 heteroatoms. The molecule has 0 aromatic rings. The molecule has 0 heterocycles. The second kappa shape index (κ2) is 70.6. The Morgan fingerprint density at radius 3 is 0.780 bits per heavy atom. The van der Waals surface area contributed by atoms with E-state index in [0.29, 0.717) is 19.3 Å². The molecule has 6 nitrogen and oxygen atoms in total. The normalized spacial score (nSPS) is 12.4. The summed E-state index contributed by atoms with van der Waals surface area (Å²) < 4.78 is 17.0. The topological polar surface area (TPSA) is 78.9 Å². The minimum Gasteiger partial charge on any atom is -0.462 e. The number of esters is 3. The zero-order valence-electron chi connectivity index (χ0n) is 55.0. The van der Waals surface area contributed by atoms with Crippen LogP contribution in [0.25, 0.3) is 0 Å². The van der Waals surface area contributed by atoms with Gasteiger partial charge in [0.05, 0.1) is 0 Å². The fourth-order valence-electron chi connectivity index (χ4n) is 10.8. The summed E-state index contributed by atoms with van der Waals surface area (Å²) in [5.41, 5.74) is 0. The largest absolute Gasteiger partial charge is 0.462 e. The van der Waals surface area contributed by atoms with E-state index in [2.05, 4.69) is 81.5 Å². The van der Waals surface area contributed by atoms with Crippen molar-refractivity contribution in [3.8, 4) is 0 Å². The van der Waals surface area contributed by atoms with Crippen molar-refractivity contribution < 1.29 is 28.6 Å². The molecule has 0 aliphatic heterocycles. The fraction of sp³-hybridized carbons (Fsp3) is 0.829. The van der Waals surface area contributed by atoms with Crippen molar-refractivity contribution in [2.24, 2.45) is 0 Å². The van der Waals surface area contributed by atoms with Crippen LogP contribution in [-0.2, 0) is 28.6 Å². The first-order valence-electron chi connectivity index (χ1n) is 36.3. The van der Waals surface area contributed by atoms with Crippen molar-refractivity contribution in [1.29, 1.82) is 0 Å². The summed E-state index contributed by atoms with van der Waals surface area (Å²) in [5, 5.41) is 0. The number of carbonyl (C=O) groups excluding carboxylic acids is 3. The second-order valence-electron chi connectivity index (χ2n) is 24.5. The number of hydrogen-bond acceptors (Lipinski definition) is 6. The SMILES string of the molecule is CC/C=C\C/C=C\C/C=C\C/C=C\CCCCCCCCCCCCCCCCCCCCCCCCC(=O)OCC(COC(=O)CCCCCCC/C=C\CCCCC)OC(=O)CCCCCCCCCCCCCCCCCCC. The van der Waals surface area contributed by atoms with Crippen LogP contribution in [-0.4, -0.2) is 37.2 Å². The molecule has 0 aliphatic rings. The van der Waals surface area contributed by atoms with E-state index in [1.54, 1.807) is 0 Å². The van der Waals surface area contributed by atoms with Gasteiger partial charge in [-0.1, -0.05) is 345 Å². The molecule has 0 saturated carbocycles. The van der Waals surface area contributed by atoms with Crippen LogP contribution in [0.15, 0.2) is 60.8 Å². The monoisotopic (exact) mass is 1150 g/mol. The summed E-state index contributed by atoms with van der Waals surface area (Å²) in [6.07, 6.45) is 91.3. The lowest BCUT2D eigenvalue weighted by Gasteiger charge is -2.18. The van der Waals surface area contributed by atoms with Gasteiger partial charge in [-0.05, 0) is 83.5 Å². The van der Waals surface area contributed by atoms with Crippen LogP contribution in [0.4, 0.5) is 0 Å². The van der Waals surface area contributed by atoms with Gasteiger partial charge in [0.2, 0.25) is 0 Å². The Labute approximate surface area is 510 Å². The van der Waals surface area contributed by atoms with Crippen molar-refractivity contribution in [3.63, 3.8) is 0 Å². The quantitative estimate of drug-likeness (QED) is 0.0261. The minimum atomic E-state index is -0.773. The number of hydrogen-bond donors (Lipinski definition) is 0. The molecule has 82 heavy (non-hydrogen) atoms. The Morgan fingerprint density at radius 1 is 0.256 bits per heavy atom. The van der Waals surface area contributed by atoms with E-state index in [1.165, 1.54) is 257 Å². The first-order chi connectivity index (χ1) is 40.5.